The van der Waals surface area contributed by atoms with Gasteiger partial charge in [0.05, 0.1) is 16.5 Å². The van der Waals surface area contributed by atoms with Crippen molar-refractivity contribution in [1.29, 1.82) is 0 Å². The highest BCUT2D eigenvalue weighted by Crippen LogP contribution is 2.33. The van der Waals surface area contributed by atoms with Crippen LogP contribution in [-0.2, 0) is 19.6 Å². The first-order chi connectivity index (χ1) is 14.0. The van der Waals surface area contributed by atoms with Crippen LogP contribution in [0.1, 0.15) is 26.7 Å². The fraction of sp³-hybridized carbons (Fsp3) is 0.474. The first kappa shape index (κ1) is 22.9. The lowest BCUT2D eigenvalue weighted by Gasteiger charge is -2.40. The number of hydrogen-bond donors (Lipinski definition) is 3. The second kappa shape index (κ2) is 8.74. The minimum Gasteiger partial charge on any atom is -0.353 e. The molecule has 0 aromatic heterocycles. The van der Waals surface area contributed by atoms with Gasteiger partial charge in [-0.15, -0.1) is 0 Å². The minimum absolute atomic E-state index is 0.0746. The van der Waals surface area contributed by atoms with E-state index in [1.807, 2.05) is 13.8 Å². The first-order valence-corrected chi connectivity index (χ1v) is 11.7. The zero-order valence-electron chi connectivity index (χ0n) is 16.6. The maximum absolute atomic E-state index is 13.2. The molecule has 3 N–H and O–H groups in total. The van der Waals surface area contributed by atoms with E-state index < -0.39 is 27.9 Å². The van der Waals surface area contributed by atoms with Crippen LogP contribution in [-0.4, -0.2) is 49.7 Å². The molecule has 11 heteroatoms. The number of nitrogens with zero attached hydrogens (tertiary/aromatic N) is 1. The SMILES string of the molecule is CC1(C)CNCC[C@H]1NC(=O)C[C@@H]1C(=O)NC=CN1S(=O)(=O)c1cccc(Cl)c1Cl. The summed E-state index contributed by atoms with van der Waals surface area (Å²) in [6, 6.07) is 2.89. The van der Waals surface area contributed by atoms with Crippen LogP contribution < -0.4 is 16.0 Å². The van der Waals surface area contributed by atoms with Crippen LogP contribution in [0.3, 0.4) is 0 Å². The van der Waals surface area contributed by atoms with Gasteiger partial charge in [0.2, 0.25) is 11.8 Å². The van der Waals surface area contributed by atoms with Gasteiger partial charge in [-0.25, -0.2) is 8.42 Å². The third-order valence-corrected chi connectivity index (χ3v) is 8.13. The van der Waals surface area contributed by atoms with Crippen molar-refractivity contribution in [2.24, 2.45) is 5.41 Å². The van der Waals surface area contributed by atoms with E-state index in [2.05, 4.69) is 16.0 Å². The summed E-state index contributed by atoms with van der Waals surface area (Å²) in [5.41, 5.74) is -0.164. The van der Waals surface area contributed by atoms with Gasteiger partial charge in [0.15, 0.2) is 0 Å². The van der Waals surface area contributed by atoms with Crippen molar-refractivity contribution in [3.8, 4) is 0 Å². The predicted octanol–water partition coefficient (Wildman–Crippen LogP) is 1.85. The molecule has 0 aliphatic carbocycles. The molecule has 1 fully saturated rings. The Morgan fingerprint density at radius 1 is 1.33 bits per heavy atom. The van der Waals surface area contributed by atoms with E-state index in [-0.39, 0.29) is 32.8 Å². The lowest BCUT2D eigenvalue weighted by Crippen LogP contribution is -2.56. The number of sulfonamides is 1. The molecule has 1 aromatic carbocycles. The van der Waals surface area contributed by atoms with Gasteiger partial charge < -0.3 is 16.0 Å². The smallest absolute Gasteiger partial charge is 0.266 e. The molecule has 30 heavy (non-hydrogen) atoms. The van der Waals surface area contributed by atoms with Crippen LogP contribution in [0.15, 0.2) is 35.5 Å². The molecule has 2 aliphatic rings. The Morgan fingerprint density at radius 3 is 2.77 bits per heavy atom. The Bertz CT molecular complexity index is 981. The minimum atomic E-state index is -4.22. The summed E-state index contributed by atoms with van der Waals surface area (Å²) in [7, 11) is -4.22. The zero-order valence-corrected chi connectivity index (χ0v) is 18.9. The number of carbonyl (C=O) groups is 2. The zero-order chi connectivity index (χ0) is 22.1. The number of hydrogen-bond acceptors (Lipinski definition) is 5. The number of piperidine rings is 1. The molecule has 2 heterocycles. The molecule has 0 unspecified atom stereocenters. The summed E-state index contributed by atoms with van der Waals surface area (Å²) in [5.74, 6) is -0.998. The topological polar surface area (TPSA) is 108 Å². The molecular weight excluding hydrogens is 451 g/mol. The van der Waals surface area contributed by atoms with Crippen LogP contribution in [0.2, 0.25) is 10.0 Å². The monoisotopic (exact) mass is 474 g/mol. The predicted molar refractivity (Wildman–Crippen MR) is 114 cm³/mol. The van der Waals surface area contributed by atoms with Crippen molar-refractivity contribution in [3.05, 3.63) is 40.6 Å². The molecule has 2 aliphatic heterocycles. The second-order valence-corrected chi connectivity index (χ2v) is 10.6. The van der Waals surface area contributed by atoms with Gasteiger partial charge in [-0.2, -0.15) is 0 Å². The molecular formula is C19H24Cl2N4O4S. The number of halogens is 2. The average molecular weight is 475 g/mol. The van der Waals surface area contributed by atoms with E-state index in [0.29, 0.717) is 0 Å². The van der Waals surface area contributed by atoms with Crippen molar-refractivity contribution in [3.63, 3.8) is 0 Å². The van der Waals surface area contributed by atoms with Gasteiger partial charge in [-0.3, -0.25) is 13.9 Å². The molecule has 8 nitrogen and oxygen atoms in total. The molecule has 0 bridgehead atoms. The standard InChI is InChI=1S/C19H24Cl2N4O4S/c1-19(2)11-22-7-6-15(19)24-16(26)10-13-18(27)23-8-9-25(13)30(28,29)14-5-3-4-12(20)17(14)21/h3-5,8-9,13,15,22H,6-7,10-11H2,1-2H3,(H,23,27)(H,24,26)/t13-,15-/m1/s1. The first-order valence-electron chi connectivity index (χ1n) is 9.49. The number of nitrogens with one attached hydrogen (secondary N) is 3. The van der Waals surface area contributed by atoms with E-state index in [0.717, 1.165) is 23.8 Å². The summed E-state index contributed by atoms with van der Waals surface area (Å²) in [5, 5.41) is 8.64. The fourth-order valence-electron chi connectivity index (χ4n) is 3.60. The summed E-state index contributed by atoms with van der Waals surface area (Å²) in [4.78, 5) is 25.0. The third-order valence-electron chi connectivity index (χ3n) is 5.38. The average Bonchev–Trinajstić information content (AvgIpc) is 2.67. The molecule has 1 saturated heterocycles. The lowest BCUT2D eigenvalue weighted by molar-refractivity contribution is -0.130. The van der Waals surface area contributed by atoms with Crippen LogP contribution in [0.5, 0.6) is 0 Å². The summed E-state index contributed by atoms with van der Waals surface area (Å²) in [6.07, 6.45) is 2.84. The third kappa shape index (κ3) is 4.59. The van der Waals surface area contributed by atoms with E-state index >= 15 is 0 Å². The highest BCUT2D eigenvalue weighted by atomic mass is 35.5. The van der Waals surface area contributed by atoms with E-state index in [9.17, 15) is 18.0 Å². The number of carbonyl (C=O) groups excluding carboxylic acids is 2. The number of rotatable bonds is 5. The largest absolute Gasteiger partial charge is 0.353 e. The van der Waals surface area contributed by atoms with Crippen LogP contribution in [0.4, 0.5) is 0 Å². The Hall–Kier alpha value is -1.81. The maximum Gasteiger partial charge on any atom is 0.266 e. The van der Waals surface area contributed by atoms with Gasteiger partial charge in [-0.05, 0) is 30.5 Å². The highest BCUT2D eigenvalue weighted by Gasteiger charge is 2.39. The lowest BCUT2D eigenvalue weighted by atomic mass is 9.80. The van der Waals surface area contributed by atoms with Gasteiger partial charge >= 0.3 is 0 Å². The van der Waals surface area contributed by atoms with Crippen LogP contribution in [0, 0.1) is 5.41 Å². The van der Waals surface area contributed by atoms with E-state index in [1.54, 1.807) is 0 Å². The van der Waals surface area contributed by atoms with Crippen molar-refractivity contribution in [2.45, 2.75) is 43.7 Å². The van der Waals surface area contributed by atoms with Crippen molar-refractivity contribution in [1.82, 2.24) is 20.3 Å². The molecule has 0 spiro atoms. The van der Waals surface area contributed by atoms with Gasteiger partial charge in [0, 0.05) is 25.0 Å². The summed E-state index contributed by atoms with van der Waals surface area (Å²) < 4.78 is 27.3. The Kier molecular flexibility index (Phi) is 6.66. The van der Waals surface area contributed by atoms with Crippen molar-refractivity contribution in [2.75, 3.05) is 13.1 Å². The molecule has 2 amide bonds. The molecule has 1 aromatic rings. The number of benzene rings is 1. The summed E-state index contributed by atoms with van der Waals surface area (Å²) in [6.45, 7) is 5.60. The highest BCUT2D eigenvalue weighted by molar-refractivity contribution is 7.89. The Balaban J connectivity index is 1.84. The summed E-state index contributed by atoms with van der Waals surface area (Å²) >= 11 is 12.1. The normalized spacial score (nSPS) is 23.7. The van der Waals surface area contributed by atoms with Crippen LogP contribution in [0.25, 0.3) is 0 Å². The maximum atomic E-state index is 13.2. The van der Waals surface area contributed by atoms with E-state index in [4.69, 9.17) is 23.2 Å². The van der Waals surface area contributed by atoms with Crippen molar-refractivity contribution < 1.29 is 18.0 Å². The quantitative estimate of drug-likeness (QED) is 0.603. The Morgan fingerprint density at radius 2 is 2.07 bits per heavy atom. The molecule has 3 rings (SSSR count). The molecule has 0 radical (unpaired) electrons. The second-order valence-electron chi connectivity index (χ2n) is 8.01. The molecule has 164 valence electrons. The van der Waals surface area contributed by atoms with Crippen LogP contribution >= 0.6 is 23.2 Å². The van der Waals surface area contributed by atoms with Gasteiger partial charge in [-0.1, -0.05) is 43.1 Å². The van der Waals surface area contributed by atoms with E-state index in [1.165, 1.54) is 30.6 Å². The molecule has 2 atom stereocenters. The molecule has 0 saturated carbocycles. The number of amides is 2. The van der Waals surface area contributed by atoms with Crippen molar-refractivity contribution >= 4 is 45.0 Å². The fourth-order valence-corrected chi connectivity index (χ4v) is 5.79. The van der Waals surface area contributed by atoms with Gasteiger partial charge in [0.1, 0.15) is 10.9 Å². The Labute approximate surface area is 186 Å². The van der Waals surface area contributed by atoms with Gasteiger partial charge in [0.25, 0.3) is 10.0 Å².